The fourth-order valence-electron chi connectivity index (χ4n) is 5.59. The molecule has 0 amide bonds. The third-order valence-electron chi connectivity index (χ3n) is 5.70. The molecule has 0 spiro atoms. The second kappa shape index (κ2) is 3.23. The minimum Gasteiger partial charge on any atom is -0.396 e. The molecule has 0 aromatic rings. The number of rotatable bonds is 3. The molecule has 0 aliphatic heterocycles. The Hall–Kier alpha value is -0.0400. The van der Waals surface area contributed by atoms with Crippen LogP contribution in [0.15, 0.2) is 0 Å². The number of hydrogen-bond donors (Lipinski definition) is 1. The summed E-state index contributed by atoms with van der Waals surface area (Å²) in [6.45, 7) is 2.80. The van der Waals surface area contributed by atoms with Gasteiger partial charge in [-0.15, -0.1) is 0 Å². The molecule has 4 bridgehead atoms. The molecule has 0 saturated heterocycles. The third-order valence-corrected chi connectivity index (χ3v) is 5.70. The molecule has 0 aromatic carbocycles. The van der Waals surface area contributed by atoms with Crippen LogP contribution in [0.5, 0.6) is 0 Å². The van der Waals surface area contributed by atoms with Crippen molar-refractivity contribution in [2.75, 3.05) is 6.61 Å². The molecule has 4 rings (SSSR count). The van der Waals surface area contributed by atoms with Gasteiger partial charge in [-0.25, -0.2) is 0 Å². The average Bonchev–Trinajstić information content (AvgIpc) is 2.15. The van der Waals surface area contributed by atoms with E-state index < -0.39 is 0 Å². The van der Waals surface area contributed by atoms with E-state index in [0.29, 0.717) is 17.4 Å². The Morgan fingerprint density at radius 2 is 1.67 bits per heavy atom. The van der Waals surface area contributed by atoms with E-state index in [2.05, 4.69) is 6.92 Å². The van der Waals surface area contributed by atoms with Gasteiger partial charge in [-0.3, -0.25) is 0 Å². The van der Waals surface area contributed by atoms with Gasteiger partial charge in [0.2, 0.25) is 0 Å². The first-order valence-electron chi connectivity index (χ1n) is 6.80. The second-order valence-electron chi connectivity index (χ2n) is 6.79. The molecule has 0 aromatic heterocycles. The molecule has 86 valence electrons. The summed E-state index contributed by atoms with van der Waals surface area (Å²) in [6.07, 6.45) is 11.3. The molecule has 4 atom stereocenters. The van der Waals surface area contributed by atoms with Crippen LogP contribution in [0.25, 0.3) is 0 Å². The van der Waals surface area contributed by atoms with Crippen molar-refractivity contribution in [1.29, 1.82) is 0 Å². The van der Waals surface area contributed by atoms with Gasteiger partial charge in [-0.1, -0.05) is 13.3 Å². The van der Waals surface area contributed by atoms with E-state index in [1.54, 1.807) is 0 Å². The Labute approximate surface area is 93.3 Å². The summed E-state index contributed by atoms with van der Waals surface area (Å²) in [4.78, 5) is 0. The SMILES string of the molecule is CCC12C[C@H]3C[C@@H](C1)CC(CCO)(C3)C2. The summed E-state index contributed by atoms with van der Waals surface area (Å²) in [7, 11) is 0. The fourth-order valence-corrected chi connectivity index (χ4v) is 5.59. The van der Waals surface area contributed by atoms with E-state index in [9.17, 15) is 5.11 Å². The minimum atomic E-state index is 0.416. The summed E-state index contributed by atoms with van der Waals surface area (Å²) in [5.74, 6) is 2.02. The van der Waals surface area contributed by atoms with Gasteiger partial charge in [0.1, 0.15) is 0 Å². The van der Waals surface area contributed by atoms with Crippen LogP contribution in [0, 0.1) is 22.7 Å². The molecule has 1 heteroatoms. The van der Waals surface area contributed by atoms with Gasteiger partial charge < -0.3 is 5.11 Å². The van der Waals surface area contributed by atoms with E-state index in [0.717, 1.165) is 18.3 Å². The van der Waals surface area contributed by atoms with Crippen LogP contribution >= 0.6 is 0 Å². The highest BCUT2D eigenvalue weighted by molar-refractivity contribution is 5.06. The Bertz CT molecular complexity index is 244. The Morgan fingerprint density at radius 3 is 2.20 bits per heavy atom. The quantitative estimate of drug-likeness (QED) is 0.754. The summed E-state index contributed by atoms with van der Waals surface area (Å²) in [6, 6.07) is 0. The van der Waals surface area contributed by atoms with Gasteiger partial charge in [0.25, 0.3) is 0 Å². The topological polar surface area (TPSA) is 20.2 Å². The zero-order chi connectivity index (χ0) is 10.5. The van der Waals surface area contributed by atoms with E-state index in [1.807, 2.05) is 0 Å². The zero-order valence-corrected chi connectivity index (χ0v) is 9.97. The molecule has 1 nitrogen and oxygen atoms in total. The van der Waals surface area contributed by atoms with Crippen molar-refractivity contribution in [1.82, 2.24) is 0 Å². The van der Waals surface area contributed by atoms with Gasteiger partial charge in [0, 0.05) is 6.61 Å². The first-order chi connectivity index (χ1) is 7.19. The first-order valence-corrected chi connectivity index (χ1v) is 6.80. The molecule has 0 radical (unpaired) electrons. The summed E-state index contributed by atoms with van der Waals surface area (Å²) in [5, 5.41) is 9.28. The molecule has 4 aliphatic rings. The van der Waals surface area contributed by atoms with Crippen molar-refractivity contribution < 1.29 is 5.11 Å². The lowest BCUT2D eigenvalue weighted by Crippen LogP contribution is -2.51. The minimum absolute atomic E-state index is 0.416. The molecular formula is C14H24O. The lowest BCUT2D eigenvalue weighted by Gasteiger charge is -2.62. The fraction of sp³-hybridized carbons (Fsp3) is 1.00. The molecule has 4 aliphatic carbocycles. The maximum absolute atomic E-state index is 9.28. The van der Waals surface area contributed by atoms with Crippen LogP contribution in [0.2, 0.25) is 0 Å². The predicted molar refractivity (Wildman–Crippen MR) is 61.5 cm³/mol. The lowest BCUT2D eigenvalue weighted by molar-refractivity contribution is -0.119. The van der Waals surface area contributed by atoms with Gasteiger partial charge in [0.05, 0.1) is 0 Å². The van der Waals surface area contributed by atoms with Crippen molar-refractivity contribution >= 4 is 0 Å². The summed E-state index contributed by atoms with van der Waals surface area (Å²) in [5.41, 5.74) is 1.26. The summed E-state index contributed by atoms with van der Waals surface area (Å²) < 4.78 is 0. The van der Waals surface area contributed by atoms with Gasteiger partial charge in [-0.2, -0.15) is 0 Å². The van der Waals surface area contributed by atoms with E-state index in [4.69, 9.17) is 0 Å². The summed E-state index contributed by atoms with van der Waals surface area (Å²) >= 11 is 0. The Morgan fingerprint density at radius 1 is 1.07 bits per heavy atom. The van der Waals surface area contributed by atoms with Crippen LogP contribution in [0.1, 0.15) is 58.3 Å². The monoisotopic (exact) mass is 208 g/mol. The first kappa shape index (κ1) is 10.1. The predicted octanol–water partition coefficient (Wildman–Crippen LogP) is 3.37. The lowest BCUT2D eigenvalue weighted by atomic mass is 9.43. The van der Waals surface area contributed by atoms with Crippen molar-refractivity contribution in [2.24, 2.45) is 22.7 Å². The molecule has 4 saturated carbocycles. The van der Waals surface area contributed by atoms with Gasteiger partial charge in [-0.05, 0) is 67.6 Å². The van der Waals surface area contributed by atoms with Gasteiger partial charge in [0.15, 0.2) is 0 Å². The van der Waals surface area contributed by atoms with Crippen LogP contribution in [0.3, 0.4) is 0 Å². The van der Waals surface area contributed by atoms with Crippen LogP contribution in [-0.2, 0) is 0 Å². The number of aliphatic hydroxyl groups is 1. The van der Waals surface area contributed by atoms with E-state index in [1.165, 1.54) is 44.9 Å². The van der Waals surface area contributed by atoms with Crippen molar-refractivity contribution in [2.45, 2.75) is 58.3 Å². The van der Waals surface area contributed by atoms with Crippen molar-refractivity contribution in [3.05, 3.63) is 0 Å². The van der Waals surface area contributed by atoms with Crippen LogP contribution < -0.4 is 0 Å². The molecular weight excluding hydrogens is 184 g/mol. The highest BCUT2D eigenvalue weighted by atomic mass is 16.3. The maximum atomic E-state index is 9.28. The normalized spacial score (nSPS) is 52.4. The Balaban J connectivity index is 1.88. The molecule has 15 heavy (non-hydrogen) atoms. The number of aliphatic hydroxyl groups excluding tert-OH is 1. The molecule has 2 unspecified atom stereocenters. The molecule has 0 heterocycles. The van der Waals surface area contributed by atoms with E-state index >= 15 is 0 Å². The highest BCUT2D eigenvalue weighted by Crippen LogP contribution is 2.67. The van der Waals surface area contributed by atoms with Crippen molar-refractivity contribution in [3.63, 3.8) is 0 Å². The third kappa shape index (κ3) is 1.46. The standard InChI is InChI=1S/C14H24O/c1-2-13-6-11-5-12(7-13)9-14(8-11,10-13)3-4-15/h11-12,15H,2-10H2,1H3/t11-,12+,13?,14?. The highest BCUT2D eigenvalue weighted by Gasteiger charge is 2.56. The van der Waals surface area contributed by atoms with E-state index in [-0.39, 0.29) is 0 Å². The van der Waals surface area contributed by atoms with Gasteiger partial charge >= 0.3 is 0 Å². The maximum Gasteiger partial charge on any atom is 0.0436 e. The Kier molecular flexibility index (Phi) is 2.18. The second-order valence-corrected chi connectivity index (χ2v) is 6.79. The smallest absolute Gasteiger partial charge is 0.0436 e. The average molecular weight is 208 g/mol. The number of hydrogen-bond acceptors (Lipinski definition) is 1. The molecule has 1 N–H and O–H groups in total. The van der Waals surface area contributed by atoms with Crippen LogP contribution in [-0.4, -0.2) is 11.7 Å². The zero-order valence-electron chi connectivity index (χ0n) is 9.97. The van der Waals surface area contributed by atoms with Crippen LogP contribution in [0.4, 0.5) is 0 Å². The molecule has 4 fully saturated rings. The largest absolute Gasteiger partial charge is 0.396 e. The van der Waals surface area contributed by atoms with Crippen molar-refractivity contribution in [3.8, 4) is 0 Å².